The molecule has 136 valence electrons. The molecule has 0 unspecified atom stereocenters. The fraction of sp³-hybridized carbons (Fsp3) is 0.579. The minimum Gasteiger partial charge on any atom is -0.469 e. The van der Waals surface area contributed by atoms with Gasteiger partial charge in [-0.2, -0.15) is 0 Å². The number of ether oxygens (including phenoxy) is 1. The third-order valence-electron chi connectivity index (χ3n) is 5.31. The second-order valence-corrected chi connectivity index (χ2v) is 7.18. The molecule has 1 aromatic carbocycles. The van der Waals surface area contributed by atoms with Crippen molar-refractivity contribution in [3.63, 3.8) is 0 Å². The number of carbonyl (C=O) groups excluding carboxylic acids is 1. The van der Waals surface area contributed by atoms with Crippen LogP contribution in [-0.4, -0.2) is 65.7 Å². The predicted molar refractivity (Wildman–Crippen MR) is 98.2 cm³/mol. The van der Waals surface area contributed by atoms with E-state index in [0.29, 0.717) is 6.04 Å². The molecule has 2 heterocycles. The number of carbonyl (C=O) groups is 1. The SMILES string of the molecule is COC(=O)[C@H]1CC[C@@H](N(C)C)CN(Cc2nc3ccccc3n2C)C1. The summed E-state index contributed by atoms with van der Waals surface area (Å²) in [4.78, 5) is 21.5. The Labute approximate surface area is 149 Å². The molecule has 1 aliphatic heterocycles. The molecule has 1 aromatic heterocycles. The molecule has 0 amide bonds. The molecule has 0 N–H and O–H groups in total. The topological polar surface area (TPSA) is 50.6 Å². The van der Waals surface area contributed by atoms with Crippen LogP contribution in [0.3, 0.4) is 0 Å². The standard InChI is InChI=1S/C19H28N4O2/c1-21(2)15-10-9-14(19(24)25-4)11-23(12-15)13-18-20-16-7-5-6-8-17(16)22(18)3/h5-8,14-15H,9-13H2,1-4H3/t14-,15+/m0/s1. The van der Waals surface area contributed by atoms with Gasteiger partial charge < -0.3 is 14.2 Å². The smallest absolute Gasteiger partial charge is 0.309 e. The highest BCUT2D eigenvalue weighted by atomic mass is 16.5. The Morgan fingerprint density at radius 1 is 1.28 bits per heavy atom. The van der Waals surface area contributed by atoms with E-state index in [1.165, 1.54) is 7.11 Å². The molecule has 3 rings (SSSR count). The van der Waals surface area contributed by atoms with Crippen molar-refractivity contribution in [2.24, 2.45) is 13.0 Å². The minimum absolute atomic E-state index is 0.0652. The summed E-state index contributed by atoms with van der Waals surface area (Å²) in [6.45, 7) is 2.40. The zero-order chi connectivity index (χ0) is 18.0. The van der Waals surface area contributed by atoms with Crippen LogP contribution in [0.15, 0.2) is 24.3 Å². The van der Waals surface area contributed by atoms with Gasteiger partial charge in [0.15, 0.2) is 0 Å². The van der Waals surface area contributed by atoms with E-state index < -0.39 is 0 Å². The molecule has 2 atom stereocenters. The van der Waals surface area contributed by atoms with Crippen LogP contribution in [0.5, 0.6) is 0 Å². The Balaban J connectivity index is 1.83. The van der Waals surface area contributed by atoms with Crippen LogP contribution in [0.4, 0.5) is 0 Å². The zero-order valence-electron chi connectivity index (χ0n) is 15.6. The van der Waals surface area contributed by atoms with Crippen LogP contribution in [0.25, 0.3) is 11.0 Å². The van der Waals surface area contributed by atoms with Crippen molar-refractivity contribution in [3.05, 3.63) is 30.1 Å². The molecule has 0 bridgehead atoms. The second-order valence-electron chi connectivity index (χ2n) is 7.18. The molecule has 0 saturated carbocycles. The molecule has 1 fully saturated rings. The molecule has 6 heteroatoms. The van der Waals surface area contributed by atoms with Crippen molar-refractivity contribution < 1.29 is 9.53 Å². The van der Waals surface area contributed by atoms with E-state index >= 15 is 0 Å². The van der Waals surface area contributed by atoms with Crippen LogP contribution in [0, 0.1) is 5.92 Å². The number of nitrogens with zero attached hydrogens (tertiary/aromatic N) is 4. The molecule has 1 aliphatic rings. The van der Waals surface area contributed by atoms with Crippen LogP contribution in [0.1, 0.15) is 18.7 Å². The molecule has 0 aliphatic carbocycles. The summed E-state index contributed by atoms with van der Waals surface area (Å²) >= 11 is 0. The van der Waals surface area contributed by atoms with Gasteiger partial charge in [0, 0.05) is 26.2 Å². The first-order chi connectivity index (χ1) is 12.0. The molecule has 1 saturated heterocycles. The fourth-order valence-electron chi connectivity index (χ4n) is 3.71. The van der Waals surface area contributed by atoms with Gasteiger partial charge in [0.05, 0.1) is 30.6 Å². The predicted octanol–water partition coefficient (Wildman–Crippen LogP) is 1.89. The second kappa shape index (κ2) is 7.54. The summed E-state index contributed by atoms with van der Waals surface area (Å²) in [6.07, 6.45) is 1.88. The fourth-order valence-corrected chi connectivity index (χ4v) is 3.71. The number of fused-ring (bicyclic) bond motifs is 1. The Hall–Kier alpha value is -1.92. The number of hydrogen-bond donors (Lipinski definition) is 0. The highest BCUT2D eigenvalue weighted by Crippen LogP contribution is 2.23. The lowest BCUT2D eigenvalue weighted by Gasteiger charge is -2.28. The number of aromatic nitrogens is 2. The van der Waals surface area contributed by atoms with E-state index in [0.717, 1.165) is 49.3 Å². The summed E-state index contributed by atoms with van der Waals surface area (Å²) in [5, 5.41) is 0. The third kappa shape index (κ3) is 3.85. The Morgan fingerprint density at radius 3 is 2.72 bits per heavy atom. The van der Waals surface area contributed by atoms with Crippen LogP contribution < -0.4 is 0 Å². The van der Waals surface area contributed by atoms with E-state index in [9.17, 15) is 4.79 Å². The summed E-state index contributed by atoms with van der Waals surface area (Å²) < 4.78 is 7.16. The first-order valence-electron chi connectivity index (χ1n) is 8.86. The quantitative estimate of drug-likeness (QED) is 0.793. The van der Waals surface area contributed by atoms with Gasteiger partial charge in [-0.25, -0.2) is 4.98 Å². The van der Waals surface area contributed by atoms with Gasteiger partial charge in [-0.1, -0.05) is 12.1 Å². The largest absolute Gasteiger partial charge is 0.469 e. The van der Waals surface area contributed by atoms with Crippen molar-refractivity contribution in [2.75, 3.05) is 34.3 Å². The van der Waals surface area contributed by atoms with Crippen molar-refractivity contribution >= 4 is 17.0 Å². The number of benzene rings is 1. The first-order valence-corrected chi connectivity index (χ1v) is 8.86. The van der Waals surface area contributed by atoms with Crippen LogP contribution in [-0.2, 0) is 23.1 Å². The highest BCUT2D eigenvalue weighted by molar-refractivity contribution is 5.75. The lowest BCUT2D eigenvalue weighted by molar-refractivity contribution is -0.146. The van der Waals surface area contributed by atoms with E-state index in [1.54, 1.807) is 0 Å². The Bertz CT molecular complexity index is 740. The van der Waals surface area contributed by atoms with Gasteiger partial charge in [-0.15, -0.1) is 0 Å². The molecule has 0 spiro atoms. The van der Waals surface area contributed by atoms with E-state index in [-0.39, 0.29) is 11.9 Å². The number of likely N-dealkylation sites (N-methyl/N-ethyl adjacent to an activating group) is 1. The van der Waals surface area contributed by atoms with Gasteiger partial charge in [0.1, 0.15) is 5.82 Å². The summed E-state index contributed by atoms with van der Waals surface area (Å²) in [7, 11) is 7.75. The number of para-hydroxylation sites is 2. The van der Waals surface area contributed by atoms with E-state index in [2.05, 4.69) is 41.6 Å². The van der Waals surface area contributed by atoms with Gasteiger partial charge >= 0.3 is 5.97 Å². The maximum absolute atomic E-state index is 12.1. The molecular formula is C19H28N4O2. The van der Waals surface area contributed by atoms with E-state index in [1.807, 2.05) is 18.2 Å². The number of hydrogen-bond acceptors (Lipinski definition) is 5. The minimum atomic E-state index is -0.102. The maximum atomic E-state index is 12.1. The number of likely N-dealkylation sites (tertiary alicyclic amines) is 1. The normalized spacial score (nSPS) is 22.3. The molecule has 25 heavy (non-hydrogen) atoms. The van der Waals surface area contributed by atoms with Crippen molar-refractivity contribution in [1.29, 1.82) is 0 Å². The maximum Gasteiger partial charge on any atom is 0.309 e. The number of methoxy groups -OCH3 is 1. The number of aryl methyl sites for hydroxylation is 1. The number of esters is 1. The lowest BCUT2D eigenvalue weighted by atomic mass is 10.0. The average Bonchev–Trinajstić information content (AvgIpc) is 2.79. The Kier molecular flexibility index (Phi) is 5.39. The monoisotopic (exact) mass is 344 g/mol. The van der Waals surface area contributed by atoms with Crippen molar-refractivity contribution in [3.8, 4) is 0 Å². The van der Waals surface area contributed by atoms with Gasteiger partial charge in [0.25, 0.3) is 0 Å². The van der Waals surface area contributed by atoms with Gasteiger partial charge in [-0.05, 0) is 39.1 Å². The molecular weight excluding hydrogens is 316 g/mol. The van der Waals surface area contributed by atoms with Crippen molar-refractivity contribution in [2.45, 2.75) is 25.4 Å². The van der Waals surface area contributed by atoms with E-state index in [4.69, 9.17) is 9.72 Å². The third-order valence-corrected chi connectivity index (χ3v) is 5.31. The Morgan fingerprint density at radius 2 is 2.04 bits per heavy atom. The van der Waals surface area contributed by atoms with Crippen LogP contribution in [0.2, 0.25) is 0 Å². The van der Waals surface area contributed by atoms with Gasteiger partial charge in [-0.3, -0.25) is 9.69 Å². The van der Waals surface area contributed by atoms with Gasteiger partial charge in [0.2, 0.25) is 0 Å². The highest BCUT2D eigenvalue weighted by Gasteiger charge is 2.30. The zero-order valence-corrected chi connectivity index (χ0v) is 15.6. The molecule has 0 radical (unpaired) electrons. The molecule has 6 nitrogen and oxygen atoms in total. The first kappa shape index (κ1) is 17.9. The van der Waals surface area contributed by atoms with Crippen LogP contribution >= 0.6 is 0 Å². The number of imidazole rings is 1. The summed E-state index contributed by atoms with van der Waals surface area (Å²) in [5.41, 5.74) is 2.16. The summed E-state index contributed by atoms with van der Waals surface area (Å²) in [6, 6.07) is 8.62. The van der Waals surface area contributed by atoms with Crippen molar-refractivity contribution in [1.82, 2.24) is 19.4 Å². The number of rotatable bonds is 4. The lowest BCUT2D eigenvalue weighted by Crippen LogP contribution is -2.40. The average molecular weight is 344 g/mol. The molecule has 2 aromatic rings. The summed E-state index contributed by atoms with van der Waals surface area (Å²) in [5.74, 6) is 0.864.